The summed E-state index contributed by atoms with van der Waals surface area (Å²) in [5, 5.41) is 0. The Morgan fingerprint density at radius 3 is 2.81 bits per heavy atom. The molecule has 0 unspecified atom stereocenters. The summed E-state index contributed by atoms with van der Waals surface area (Å²) >= 11 is 0. The third-order valence-electron chi connectivity index (χ3n) is 2.15. The fraction of sp³-hybridized carbons (Fsp3) is 0. The van der Waals surface area contributed by atoms with Crippen molar-refractivity contribution < 1.29 is 4.42 Å². The molecule has 3 aromatic heterocycles. The molecule has 16 heavy (non-hydrogen) atoms. The molecule has 78 valence electrons. The lowest BCUT2D eigenvalue weighted by atomic mass is 10.3. The van der Waals surface area contributed by atoms with Crippen LogP contribution in [0.3, 0.4) is 0 Å². The SMILES string of the molecule is Nc1cccc(-c2nc3ncccc3o2)n1. The van der Waals surface area contributed by atoms with Crippen LogP contribution in [-0.4, -0.2) is 15.0 Å². The second-order valence-electron chi connectivity index (χ2n) is 3.29. The van der Waals surface area contributed by atoms with Gasteiger partial charge < -0.3 is 10.2 Å². The summed E-state index contributed by atoms with van der Waals surface area (Å²) in [4.78, 5) is 12.4. The van der Waals surface area contributed by atoms with Crippen LogP contribution in [0, 0.1) is 0 Å². The predicted octanol–water partition coefficient (Wildman–Crippen LogP) is 1.87. The first-order valence-corrected chi connectivity index (χ1v) is 4.77. The summed E-state index contributed by atoms with van der Waals surface area (Å²) < 4.78 is 5.52. The van der Waals surface area contributed by atoms with E-state index in [4.69, 9.17) is 10.2 Å². The van der Waals surface area contributed by atoms with Crippen LogP contribution in [0.1, 0.15) is 0 Å². The number of rotatable bonds is 1. The lowest BCUT2D eigenvalue weighted by molar-refractivity contribution is 0.617. The van der Waals surface area contributed by atoms with Crippen molar-refractivity contribution in [2.45, 2.75) is 0 Å². The van der Waals surface area contributed by atoms with Gasteiger partial charge in [-0.15, -0.1) is 0 Å². The van der Waals surface area contributed by atoms with Gasteiger partial charge in [0.2, 0.25) is 5.89 Å². The van der Waals surface area contributed by atoms with E-state index in [0.29, 0.717) is 28.6 Å². The highest BCUT2D eigenvalue weighted by atomic mass is 16.3. The molecule has 2 N–H and O–H groups in total. The van der Waals surface area contributed by atoms with Gasteiger partial charge in [0.05, 0.1) is 0 Å². The second kappa shape index (κ2) is 3.30. The molecule has 0 aromatic carbocycles. The highest BCUT2D eigenvalue weighted by Gasteiger charge is 2.09. The number of nitrogens with two attached hydrogens (primary N) is 1. The zero-order valence-electron chi connectivity index (χ0n) is 8.29. The molecule has 0 bridgehead atoms. The van der Waals surface area contributed by atoms with Gasteiger partial charge in [-0.2, -0.15) is 4.98 Å². The van der Waals surface area contributed by atoms with Crippen LogP contribution in [-0.2, 0) is 0 Å². The fourth-order valence-corrected chi connectivity index (χ4v) is 1.45. The first-order chi connectivity index (χ1) is 7.83. The maximum Gasteiger partial charge on any atom is 0.247 e. The van der Waals surface area contributed by atoms with Crippen molar-refractivity contribution in [1.82, 2.24) is 15.0 Å². The van der Waals surface area contributed by atoms with Crippen molar-refractivity contribution in [1.29, 1.82) is 0 Å². The molecule has 0 aliphatic heterocycles. The van der Waals surface area contributed by atoms with Gasteiger partial charge in [-0.05, 0) is 24.3 Å². The molecule has 0 radical (unpaired) electrons. The van der Waals surface area contributed by atoms with Crippen LogP contribution in [0.15, 0.2) is 40.9 Å². The second-order valence-corrected chi connectivity index (χ2v) is 3.29. The standard InChI is InChI=1S/C11H8N4O/c12-9-5-1-3-7(14-9)11-15-10-8(16-11)4-2-6-13-10/h1-6H,(H2,12,14). The molecule has 0 aliphatic carbocycles. The van der Waals surface area contributed by atoms with E-state index in [1.165, 1.54) is 0 Å². The first kappa shape index (κ1) is 8.84. The summed E-state index contributed by atoms with van der Waals surface area (Å²) in [5.41, 5.74) is 7.41. The zero-order chi connectivity index (χ0) is 11.0. The molecule has 0 saturated carbocycles. The van der Waals surface area contributed by atoms with Crippen molar-refractivity contribution in [2.75, 3.05) is 5.73 Å². The Bertz CT molecular complexity index is 614. The van der Waals surface area contributed by atoms with Gasteiger partial charge in [0.25, 0.3) is 0 Å². The monoisotopic (exact) mass is 212 g/mol. The lowest BCUT2D eigenvalue weighted by Crippen LogP contribution is -1.91. The number of fused-ring (bicyclic) bond motifs is 1. The summed E-state index contributed by atoms with van der Waals surface area (Å²) in [6.45, 7) is 0. The average molecular weight is 212 g/mol. The van der Waals surface area contributed by atoms with Crippen LogP contribution in [0.2, 0.25) is 0 Å². The third kappa shape index (κ3) is 1.38. The van der Waals surface area contributed by atoms with E-state index in [1.807, 2.05) is 6.07 Å². The summed E-state index contributed by atoms with van der Waals surface area (Å²) in [5.74, 6) is 0.869. The minimum absolute atomic E-state index is 0.431. The molecule has 0 saturated heterocycles. The Hall–Kier alpha value is -2.43. The van der Waals surface area contributed by atoms with E-state index in [1.54, 1.807) is 30.5 Å². The largest absolute Gasteiger partial charge is 0.433 e. The van der Waals surface area contributed by atoms with E-state index in [2.05, 4.69) is 15.0 Å². The molecule has 3 rings (SSSR count). The van der Waals surface area contributed by atoms with E-state index >= 15 is 0 Å². The van der Waals surface area contributed by atoms with Crippen molar-refractivity contribution in [3.8, 4) is 11.6 Å². The maximum atomic E-state index is 5.59. The topological polar surface area (TPSA) is 77.8 Å². The molecule has 0 fully saturated rings. The number of hydrogen-bond donors (Lipinski definition) is 1. The molecule has 5 nitrogen and oxygen atoms in total. The molecule has 0 amide bonds. The Morgan fingerprint density at radius 2 is 2.00 bits per heavy atom. The third-order valence-corrected chi connectivity index (χ3v) is 2.15. The van der Waals surface area contributed by atoms with Gasteiger partial charge in [0.15, 0.2) is 11.2 Å². The highest BCUT2D eigenvalue weighted by molar-refractivity contribution is 5.71. The number of aromatic nitrogens is 3. The number of nitrogens with zero attached hydrogens (tertiary/aromatic N) is 3. The quantitative estimate of drug-likeness (QED) is 0.666. The summed E-state index contributed by atoms with van der Waals surface area (Å²) in [7, 11) is 0. The predicted molar refractivity (Wildman–Crippen MR) is 59.4 cm³/mol. The number of nitrogen functional groups attached to an aromatic ring is 1. The lowest BCUT2D eigenvalue weighted by Gasteiger charge is -1.94. The molecular formula is C11H8N4O. The summed E-state index contributed by atoms with van der Waals surface area (Å²) in [6, 6.07) is 8.92. The van der Waals surface area contributed by atoms with E-state index < -0.39 is 0 Å². The van der Waals surface area contributed by atoms with Crippen molar-refractivity contribution in [3.63, 3.8) is 0 Å². The van der Waals surface area contributed by atoms with Crippen LogP contribution in [0.4, 0.5) is 5.82 Å². The van der Waals surface area contributed by atoms with Crippen LogP contribution < -0.4 is 5.73 Å². The van der Waals surface area contributed by atoms with Crippen molar-refractivity contribution >= 4 is 17.0 Å². The van der Waals surface area contributed by atoms with Crippen LogP contribution in [0.25, 0.3) is 22.8 Å². The number of hydrogen-bond acceptors (Lipinski definition) is 5. The van der Waals surface area contributed by atoms with Gasteiger partial charge in [-0.25, -0.2) is 9.97 Å². The smallest absolute Gasteiger partial charge is 0.247 e. The molecular weight excluding hydrogens is 204 g/mol. The molecule has 3 heterocycles. The van der Waals surface area contributed by atoms with Gasteiger partial charge in [0.1, 0.15) is 11.5 Å². The van der Waals surface area contributed by atoms with Gasteiger partial charge in [-0.1, -0.05) is 6.07 Å². The Morgan fingerprint density at radius 1 is 1.06 bits per heavy atom. The number of pyridine rings is 2. The Kier molecular flexibility index (Phi) is 1.83. The Labute approximate surface area is 91.0 Å². The van der Waals surface area contributed by atoms with E-state index in [9.17, 15) is 0 Å². The minimum Gasteiger partial charge on any atom is -0.433 e. The molecule has 0 atom stereocenters. The molecule has 5 heteroatoms. The van der Waals surface area contributed by atoms with Crippen molar-refractivity contribution in [3.05, 3.63) is 36.5 Å². The van der Waals surface area contributed by atoms with Crippen LogP contribution in [0.5, 0.6) is 0 Å². The molecule has 0 aliphatic rings. The molecule has 3 aromatic rings. The van der Waals surface area contributed by atoms with Crippen molar-refractivity contribution in [2.24, 2.45) is 0 Å². The van der Waals surface area contributed by atoms with E-state index in [0.717, 1.165) is 0 Å². The van der Waals surface area contributed by atoms with Gasteiger partial charge in [0, 0.05) is 6.20 Å². The minimum atomic E-state index is 0.431. The first-order valence-electron chi connectivity index (χ1n) is 4.77. The molecule has 0 spiro atoms. The van der Waals surface area contributed by atoms with Gasteiger partial charge >= 0.3 is 0 Å². The fourth-order valence-electron chi connectivity index (χ4n) is 1.45. The highest BCUT2D eigenvalue weighted by Crippen LogP contribution is 2.21. The van der Waals surface area contributed by atoms with E-state index in [-0.39, 0.29) is 0 Å². The number of oxazole rings is 1. The Balaban J connectivity index is 2.19. The summed E-state index contributed by atoms with van der Waals surface area (Å²) in [6.07, 6.45) is 1.67. The number of anilines is 1. The normalized spacial score (nSPS) is 10.8. The average Bonchev–Trinajstić information content (AvgIpc) is 2.72. The van der Waals surface area contributed by atoms with Crippen LogP contribution >= 0.6 is 0 Å². The maximum absolute atomic E-state index is 5.59. The van der Waals surface area contributed by atoms with Gasteiger partial charge in [-0.3, -0.25) is 0 Å². The zero-order valence-corrected chi connectivity index (χ0v) is 8.29.